The van der Waals surface area contributed by atoms with Crippen molar-refractivity contribution >= 4 is 21.6 Å². The summed E-state index contributed by atoms with van der Waals surface area (Å²) < 4.78 is 16.9. The van der Waals surface area contributed by atoms with E-state index < -0.39 is 0 Å². The van der Waals surface area contributed by atoms with E-state index in [-0.39, 0.29) is 5.82 Å². The first-order valence-electron chi connectivity index (χ1n) is 9.47. The molecule has 1 aromatic carbocycles. The summed E-state index contributed by atoms with van der Waals surface area (Å²) in [7, 11) is 0. The lowest BCUT2D eigenvalue weighted by Crippen LogP contribution is -2.12. The van der Waals surface area contributed by atoms with Gasteiger partial charge >= 0.3 is 0 Å². The van der Waals surface area contributed by atoms with E-state index in [9.17, 15) is 4.39 Å². The summed E-state index contributed by atoms with van der Waals surface area (Å²) in [5, 5.41) is 0. The summed E-state index contributed by atoms with van der Waals surface area (Å²) in [5.41, 5.74) is 6.61. The zero-order valence-electron chi connectivity index (χ0n) is 15.4. The predicted molar refractivity (Wildman–Crippen MR) is 108 cm³/mol. The first kappa shape index (κ1) is 17.7. The minimum absolute atomic E-state index is 0.207. The third-order valence-corrected chi connectivity index (χ3v) is 6.87. The highest BCUT2D eigenvalue weighted by Gasteiger charge is 2.22. The van der Waals surface area contributed by atoms with Crippen LogP contribution in [0.25, 0.3) is 16.9 Å². The lowest BCUT2D eigenvalue weighted by molar-refractivity contribution is 0.354. The van der Waals surface area contributed by atoms with Gasteiger partial charge in [0.2, 0.25) is 0 Å². The molecule has 0 amide bonds. The summed E-state index contributed by atoms with van der Waals surface area (Å²) in [4.78, 5) is 4.96. The minimum atomic E-state index is -0.207. The fraction of sp³-hybridized carbons (Fsp3) is 0.409. The number of hydrogen-bond donors (Lipinski definition) is 0. The van der Waals surface area contributed by atoms with Crippen LogP contribution in [0, 0.1) is 25.6 Å². The zero-order valence-corrected chi connectivity index (χ0v) is 16.9. The number of rotatable bonds is 3. The van der Waals surface area contributed by atoms with Gasteiger partial charge < -0.3 is 0 Å². The normalized spacial score (nSPS) is 15.7. The van der Waals surface area contributed by atoms with Crippen LogP contribution in [0.15, 0.2) is 34.8 Å². The molecule has 0 saturated heterocycles. The number of halogens is 2. The molecular formula is C22H24BrFN2. The van der Waals surface area contributed by atoms with Crippen LogP contribution in [0.3, 0.4) is 0 Å². The molecule has 2 aromatic heterocycles. The van der Waals surface area contributed by atoms with Crippen molar-refractivity contribution in [3.63, 3.8) is 0 Å². The van der Waals surface area contributed by atoms with Gasteiger partial charge in [-0.1, -0.05) is 32.1 Å². The fourth-order valence-electron chi connectivity index (χ4n) is 4.28. The van der Waals surface area contributed by atoms with Gasteiger partial charge in [0.05, 0.1) is 11.4 Å². The van der Waals surface area contributed by atoms with Gasteiger partial charge in [0, 0.05) is 15.7 Å². The second-order valence-corrected chi connectivity index (χ2v) is 8.34. The molecule has 136 valence electrons. The SMILES string of the molecule is Cc1cc2nc(-c3ccc(F)cc3)c(CC3CCCCC3)n2c(C)c1Br. The zero-order chi connectivity index (χ0) is 18.3. The van der Waals surface area contributed by atoms with E-state index in [1.54, 1.807) is 0 Å². The molecule has 26 heavy (non-hydrogen) atoms. The molecule has 0 radical (unpaired) electrons. The van der Waals surface area contributed by atoms with Crippen molar-refractivity contribution in [2.24, 2.45) is 5.92 Å². The molecule has 0 unspecified atom stereocenters. The molecule has 0 spiro atoms. The molecule has 3 aromatic rings. The smallest absolute Gasteiger partial charge is 0.138 e. The highest BCUT2D eigenvalue weighted by molar-refractivity contribution is 9.10. The quantitative estimate of drug-likeness (QED) is 0.469. The molecule has 1 saturated carbocycles. The van der Waals surface area contributed by atoms with Gasteiger partial charge in [-0.15, -0.1) is 0 Å². The fourth-order valence-corrected chi connectivity index (χ4v) is 4.57. The topological polar surface area (TPSA) is 17.3 Å². The van der Waals surface area contributed by atoms with Crippen molar-refractivity contribution in [3.8, 4) is 11.3 Å². The Kier molecular flexibility index (Phi) is 4.87. The van der Waals surface area contributed by atoms with E-state index in [1.165, 1.54) is 61.2 Å². The Balaban J connectivity index is 1.90. The van der Waals surface area contributed by atoms with Crippen molar-refractivity contribution in [3.05, 3.63) is 57.6 Å². The van der Waals surface area contributed by atoms with Gasteiger partial charge in [-0.3, -0.25) is 4.40 Å². The Morgan fingerprint density at radius 3 is 2.50 bits per heavy atom. The standard InChI is InChI=1S/C22H24BrFN2/c1-14-12-20-25-22(17-8-10-18(24)11-9-17)19(26(20)15(2)21(14)23)13-16-6-4-3-5-7-16/h8-12,16H,3-7,13H2,1-2H3. The van der Waals surface area contributed by atoms with Gasteiger partial charge in [0.15, 0.2) is 0 Å². The Morgan fingerprint density at radius 2 is 1.81 bits per heavy atom. The summed E-state index contributed by atoms with van der Waals surface area (Å²) in [5.74, 6) is 0.503. The Hall–Kier alpha value is -1.68. The lowest BCUT2D eigenvalue weighted by atomic mass is 9.85. The first-order chi connectivity index (χ1) is 12.5. The third kappa shape index (κ3) is 3.20. The van der Waals surface area contributed by atoms with E-state index in [0.717, 1.165) is 27.8 Å². The molecule has 2 heterocycles. The van der Waals surface area contributed by atoms with E-state index >= 15 is 0 Å². The summed E-state index contributed by atoms with van der Waals surface area (Å²) in [6, 6.07) is 8.88. The maximum absolute atomic E-state index is 13.4. The van der Waals surface area contributed by atoms with Crippen molar-refractivity contribution < 1.29 is 4.39 Å². The number of pyridine rings is 1. The average Bonchev–Trinajstić information content (AvgIpc) is 2.99. The molecular weight excluding hydrogens is 391 g/mol. The third-order valence-electron chi connectivity index (χ3n) is 5.67. The van der Waals surface area contributed by atoms with Crippen LogP contribution in [0.5, 0.6) is 0 Å². The van der Waals surface area contributed by atoms with Gasteiger partial charge in [-0.25, -0.2) is 9.37 Å². The maximum Gasteiger partial charge on any atom is 0.138 e. The van der Waals surface area contributed by atoms with Gasteiger partial charge in [-0.05, 0) is 78.0 Å². The van der Waals surface area contributed by atoms with Gasteiger partial charge in [-0.2, -0.15) is 0 Å². The highest BCUT2D eigenvalue weighted by atomic mass is 79.9. The van der Waals surface area contributed by atoms with Crippen molar-refractivity contribution in [1.82, 2.24) is 9.38 Å². The summed E-state index contributed by atoms with van der Waals surface area (Å²) in [6.07, 6.45) is 7.64. The summed E-state index contributed by atoms with van der Waals surface area (Å²) >= 11 is 3.74. The van der Waals surface area contributed by atoms with Crippen molar-refractivity contribution in [2.75, 3.05) is 0 Å². The number of aryl methyl sites for hydroxylation is 2. The molecule has 1 fully saturated rings. The minimum Gasteiger partial charge on any atom is -0.300 e. The molecule has 0 N–H and O–H groups in total. The monoisotopic (exact) mass is 414 g/mol. The van der Waals surface area contributed by atoms with Crippen LogP contribution < -0.4 is 0 Å². The van der Waals surface area contributed by atoms with Crippen molar-refractivity contribution in [2.45, 2.75) is 52.4 Å². The second-order valence-electron chi connectivity index (χ2n) is 7.54. The molecule has 1 aliphatic rings. The Bertz CT molecular complexity index is 937. The molecule has 0 atom stereocenters. The van der Waals surface area contributed by atoms with E-state index in [4.69, 9.17) is 4.98 Å². The van der Waals surface area contributed by atoms with Crippen LogP contribution in [-0.2, 0) is 6.42 Å². The van der Waals surface area contributed by atoms with Crippen LogP contribution in [0.4, 0.5) is 4.39 Å². The van der Waals surface area contributed by atoms with Crippen molar-refractivity contribution in [1.29, 1.82) is 0 Å². The number of benzene rings is 1. The number of nitrogens with zero attached hydrogens (tertiary/aromatic N) is 2. The number of imidazole rings is 1. The number of aromatic nitrogens is 2. The first-order valence-corrected chi connectivity index (χ1v) is 10.3. The molecule has 4 heteroatoms. The molecule has 2 nitrogen and oxygen atoms in total. The van der Waals surface area contributed by atoms with Crippen LogP contribution >= 0.6 is 15.9 Å². The Labute approximate surface area is 162 Å². The largest absolute Gasteiger partial charge is 0.300 e. The molecule has 1 aliphatic carbocycles. The molecule has 0 aliphatic heterocycles. The number of hydrogen-bond acceptors (Lipinski definition) is 1. The van der Waals surface area contributed by atoms with Crippen LogP contribution in [-0.4, -0.2) is 9.38 Å². The molecule has 0 bridgehead atoms. The number of fused-ring (bicyclic) bond motifs is 1. The van der Waals surface area contributed by atoms with E-state index in [0.29, 0.717) is 5.92 Å². The highest BCUT2D eigenvalue weighted by Crippen LogP contribution is 2.34. The average molecular weight is 415 g/mol. The van der Waals surface area contributed by atoms with E-state index in [2.05, 4.69) is 40.2 Å². The van der Waals surface area contributed by atoms with Crippen LogP contribution in [0.2, 0.25) is 0 Å². The van der Waals surface area contributed by atoms with Gasteiger partial charge in [0.1, 0.15) is 11.5 Å². The molecule has 4 rings (SSSR count). The Morgan fingerprint density at radius 1 is 1.12 bits per heavy atom. The summed E-state index contributed by atoms with van der Waals surface area (Å²) in [6.45, 7) is 4.24. The lowest BCUT2D eigenvalue weighted by Gasteiger charge is -2.22. The van der Waals surface area contributed by atoms with Gasteiger partial charge in [0.25, 0.3) is 0 Å². The maximum atomic E-state index is 13.4. The van der Waals surface area contributed by atoms with E-state index in [1.807, 2.05) is 12.1 Å². The second kappa shape index (κ2) is 7.15. The van der Waals surface area contributed by atoms with Crippen LogP contribution in [0.1, 0.15) is 49.1 Å². The predicted octanol–water partition coefficient (Wildman–Crippen LogP) is 6.64.